The van der Waals surface area contributed by atoms with E-state index in [4.69, 9.17) is 9.25 Å². The van der Waals surface area contributed by atoms with E-state index in [0.717, 1.165) is 0 Å². The highest BCUT2D eigenvalue weighted by Crippen LogP contribution is 2.24. The molecule has 0 spiro atoms. The highest BCUT2D eigenvalue weighted by molar-refractivity contribution is 6.21. The van der Waals surface area contributed by atoms with E-state index in [1.165, 1.54) is 24.5 Å². The highest BCUT2D eigenvalue weighted by Gasteiger charge is 2.39. The minimum absolute atomic E-state index is 0.0158. The second-order valence-electron chi connectivity index (χ2n) is 4.97. The topological polar surface area (TPSA) is 106 Å². The molecule has 0 unspecified atom stereocenters. The molecule has 8 nitrogen and oxygen atoms in total. The zero-order valence-electron chi connectivity index (χ0n) is 12.1. The van der Waals surface area contributed by atoms with E-state index in [1.54, 1.807) is 24.3 Å². The van der Waals surface area contributed by atoms with Crippen molar-refractivity contribution in [2.45, 2.75) is 0 Å². The van der Waals surface area contributed by atoms with Crippen molar-refractivity contribution in [2.75, 3.05) is 0 Å². The van der Waals surface area contributed by atoms with E-state index in [1.807, 2.05) is 0 Å². The lowest BCUT2D eigenvalue weighted by atomic mass is 10.1. The van der Waals surface area contributed by atoms with Crippen LogP contribution in [0.4, 0.5) is 0 Å². The first-order valence-corrected chi connectivity index (χ1v) is 6.94. The summed E-state index contributed by atoms with van der Waals surface area (Å²) in [7, 11) is 0. The maximum atomic E-state index is 12.2. The zero-order chi connectivity index (χ0) is 16.7. The van der Waals surface area contributed by atoms with Crippen molar-refractivity contribution < 1.29 is 23.6 Å². The van der Waals surface area contributed by atoms with Gasteiger partial charge in [-0.15, -0.1) is 0 Å². The van der Waals surface area contributed by atoms with Gasteiger partial charge in [-0.05, 0) is 24.3 Å². The fourth-order valence-corrected chi connectivity index (χ4v) is 2.36. The summed E-state index contributed by atoms with van der Waals surface area (Å²) >= 11 is 0. The molecule has 0 saturated heterocycles. The van der Waals surface area contributed by atoms with Crippen LogP contribution in [0.15, 0.2) is 53.1 Å². The number of fused-ring (bicyclic) bond motifs is 1. The van der Waals surface area contributed by atoms with Gasteiger partial charge in [0, 0.05) is 6.07 Å². The van der Waals surface area contributed by atoms with Crippen LogP contribution in [-0.4, -0.2) is 33.0 Å². The van der Waals surface area contributed by atoms with Crippen LogP contribution < -0.4 is 0 Å². The first kappa shape index (κ1) is 13.9. The zero-order valence-corrected chi connectivity index (χ0v) is 12.1. The molecule has 0 bridgehead atoms. The molecular weight excluding hydrogens is 314 g/mol. The molecule has 0 radical (unpaired) electrons. The molecule has 0 atom stereocenters. The normalized spacial score (nSPS) is 13.2. The number of furan rings is 1. The largest absolute Gasteiger partial charge is 0.463 e. The molecule has 4 rings (SSSR count). The van der Waals surface area contributed by atoms with Gasteiger partial charge in [0.2, 0.25) is 0 Å². The summed E-state index contributed by atoms with van der Waals surface area (Å²) in [5.41, 5.74) is 0.764. The number of rotatable bonds is 3. The Labute approximate surface area is 134 Å². The molecule has 8 heteroatoms. The number of hydrogen-bond acceptors (Lipinski definition) is 6. The van der Waals surface area contributed by atoms with E-state index >= 15 is 0 Å². The van der Waals surface area contributed by atoms with Crippen molar-refractivity contribution in [1.29, 1.82) is 0 Å². The number of H-pyrrole nitrogens is 1. The van der Waals surface area contributed by atoms with E-state index in [9.17, 15) is 14.4 Å². The van der Waals surface area contributed by atoms with Gasteiger partial charge in [-0.2, -0.15) is 5.10 Å². The molecule has 1 aliphatic heterocycles. The SMILES string of the molecule is O=C(ON1C(=O)c2ccccc2C1=O)c1cc(-c2ccco2)n[nH]1. The number of nitrogens with zero attached hydrogens (tertiary/aromatic N) is 2. The number of aromatic nitrogens is 2. The number of hydrogen-bond donors (Lipinski definition) is 1. The summed E-state index contributed by atoms with van der Waals surface area (Å²) < 4.78 is 5.17. The minimum Gasteiger partial charge on any atom is -0.463 e. The number of imide groups is 1. The van der Waals surface area contributed by atoms with Gasteiger partial charge in [-0.25, -0.2) is 4.79 Å². The quantitative estimate of drug-likeness (QED) is 0.739. The third-order valence-electron chi connectivity index (χ3n) is 3.50. The standard InChI is InChI=1S/C16H9N3O5/c20-14-9-4-1-2-5-10(9)15(21)19(14)24-16(22)12-8-11(17-18-12)13-6-3-7-23-13/h1-8H,(H,17,18). The number of benzene rings is 1. The van der Waals surface area contributed by atoms with E-state index in [-0.39, 0.29) is 16.8 Å². The van der Waals surface area contributed by atoms with Crippen molar-refractivity contribution in [1.82, 2.24) is 15.3 Å². The molecule has 3 heterocycles. The number of carbonyl (C=O) groups is 3. The molecule has 118 valence electrons. The van der Waals surface area contributed by atoms with Crippen molar-refractivity contribution >= 4 is 17.8 Å². The van der Waals surface area contributed by atoms with Crippen LogP contribution in [0.1, 0.15) is 31.2 Å². The summed E-state index contributed by atoms with van der Waals surface area (Å²) in [5.74, 6) is -1.81. The van der Waals surface area contributed by atoms with Crippen LogP contribution in [0.2, 0.25) is 0 Å². The Balaban J connectivity index is 1.55. The highest BCUT2D eigenvalue weighted by atomic mass is 16.7. The molecule has 2 aromatic heterocycles. The Hall–Kier alpha value is -3.68. The molecule has 0 saturated carbocycles. The number of aromatic amines is 1. The molecule has 0 aliphatic carbocycles. The second kappa shape index (κ2) is 5.20. The molecule has 1 aliphatic rings. The maximum Gasteiger partial charge on any atom is 0.381 e. The average Bonchev–Trinajstić information content (AvgIpc) is 3.32. The molecule has 1 N–H and O–H groups in total. The summed E-state index contributed by atoms with van der Waals surface area (Å²) in [5, 5.41) is 6.85. The van der Waals surface area contributed by atoms with Crippen molar-refractivity contribution in [2.24, 2.45) is 0 Å². The summed E-state index contributed by atoms with van der Waals surface area (Å²) in [6.45, 7) is 0. The molecular formula is C16H9N3O5. The predicted molar refractivity (Wildman–Crippen MR) is 78.6 cm³/mol. The van der Waals surface area contributed by atoms with Gasteiger partial charge in [-0.1, -0.05) is 17.2 Å². The average molecular weight is 323 g/mol. The lowest BCUT2D eigenvalue weighted by molar-refractivity contribution is -0.0588. The van der Waals surface area contributed by atoms with Gasteiger partial charge in [0.1, 0.15) is 11.4 Å². The van der Waals surface area contributed by atoms with Crippen molar-refractivity contribution in [3.05, 3.63) is 65.5 Å². The van der Waals surface area contributed by atoms with Gasteiger partial charge in [0.25, 0.3) is 11.8 Å². The number of amides is 2. The Morgan fingerprint density at radius 3 is 2.42 bits per heavy atom. The monoisotopic (exact) mass is 323 g/mol. The maximum absolute atomic E-state index is 12.2. The Bertz CT molecular complexity index is 923. The van der Waals surface area contributed by atoms with Crippen LogP contribution >= 0.6 is 0 Å². The Kier molecular flexibility index (Phi) is 3.02. The molecule has 0 fully saturated rings. The van der Waals surface area contributed by atoms with Gasteiger partial charge in [0.15, 0.2) is 5.76 Å². The number of nitrogens with one attached hydrogen (secondary N) is 1. The molecule has 3 aromatic rings. The van der Waals surface area contributed by atoms with Crippen LogP contribution in [0.3, 0.4) is 0 Å². The third kappa shape index (κ3) is 2.09. The van der Waals surface area contributed by atoms with E-state index in [0.29, 0.717) is 16.5 Å². The number of hydroxylamine groups is 2. The summed E-state index contributed by atoms with van der Waals surface area (Å²) in [6, 6.07) is 11.0. The predicted octanol–water partition coefficient (Wildman–Crippen LogP) is 2.04. The lowest BCUT2D eigenvalue weighted by Gasteiger charge is -2.11. The third-order valence-corrected chi connectivity index (χ3v) is 3.50. The van der Waals surface area contributed by atoms with Gasteiger partial charge in [-0.3, -0.25) is 14.7 Å². The fourth-order valence-electron chi connectivity index (χ4n) is 2.36. The van der Waals surface area contributed by atoms with E-state index < -0.39 is 17.8 Å². The summed E-state index contributed by atoms with van der Waals surface area (Å²) in [6.07, 6.45) is 1.47. The van der Waals surface area contributed by atoms with Crippen LogP contribution in [-0.2, 0) is 4.84 Å². The van der Waals surface area contributed by atoms with Crippen molar-refractivity contribution in [3.63, 3.8) is 0 Å². The fraction of sp³-hybridized carbons (Fsp3) is 0. The molecule has 2 amide bonds. The van der Waals surface area contributed by atoms with Gasteiger partial charge in [0.05, 0.1) is 17.4 Å². The summed E-state index contributed by atoms with van der Waals surface area (Å²) in [4.78, 5) is 41.4. The lowest BCUT2D eigenvalue weighted by Crippen LogP contribution is -2.32. The molecule has 24 heavy (non-hydrogen) atoms. The smallest absolute Gasteiger partial charge is 0.381 e. The van der Waals surface area contributed by atoms with Crippen LogP contribution in [0, 0.1) is 0 Å². The second-order valence-corrected chi connectivity index (χ2v) is 4.97. The van der Waals surface area contributed by atoms with E-state index in [2.05, 4.69) is 10.2 Å². The molecule has 1 aromatic carbocycles. The first-order chi connectivity index (χ1) is 11.6. The van der Waals surface area contributed by atoms with Crippen LogP contribution in [0.25, 0.3) is 11.5 Å². The first-order valence-electron chi connectivity index (χ1n) is 6.94. The van der Waals surface area contributed by atoms with Gasteiger partial charge >= 0.3 is 5.97 Å². The van der Waals surface area contributed by atoms with Gasteiger partial charge < -0.3 is 9.25 Å². The minimum atomic E-state index is -0.908. The Morgan fingerprint density at radius 1 is 1.08 bits per heavy atom. The Morgan fingerprint density at radius 2 is 1.79 bits per heavy atom. The number of carbonyl (C=O) groups excluding carboxylic acids is 3. The van der Waals surface area contributed by atoms with Crippen molar-refractivity contribution in [3.8, 4) is 11.5 Å². The van der Waals surface area contributed by atoms with Crippen LogP contribution in [0.5, 0.6) is 0 Å².